The first kappa shape index (κ1) is 20.0. The smallest absolute Gasteiger partial charge is 0.291 e. The quantitative estimate of drug-likeness (QED) is 0.581. The fraction of sp³-hybridized carbons (Fsp3) is 0.182. The third kappa shape index (κ3) is 6.14. The van der Waals surface area contributed by atoms with Crippen molar-refractivity contribution in [2.24, 2.45) is 0 Å². The molecule has 0 aliphatic carbocycles. The summed E-state index contributed by atoms with van der Waals surface area (Å²) in [4.78, 5) is 24.0. The van der Waals surface area contributed by atoms with Crippen molar-refractivity contribution in [2.45, 2.75) is 6.42 Å². The second-order valence-corrected chi connectivity index (χ2v) is 6.20. The average Bonchev–Trinajstić information content (AvgIpc) is 3.28. The first-order valence-electron chi connectivity index (χ1n) is 9.11. The second kappa shape index (κ2) is 9.98. The second-order valence-electron chi connectivity index (χ2n) is 6.20. The Labute approximate surface area is 168 Å². The summed E-state index contributed by atoms with van der Waals surface area (Å²) in [6, 6.07) is 17.7. The van der Waals surface area contributed by atoms with Crippen LogP contribution in [0.5, 0.6) is 11.5 Å². The van der Waals surface area contributed by atoms with Crippen LogP contribution in [0.1, 0.15) is 16.1 Å². The molecule has 3 rings (SSSR count). The summed E-state index contributed by atoms with van der Waals surface area (Å²) < 4.78 is 15.7. The van der Waals surface area contributed by atoms with E-state index in [9.17, 15) is 9.59 Å². The van der Waals surface area contributed by atoms with Crippen LogP contribution < -0.4 is 20.1 Å². The van der Waals surface area contributed by atoms with Crippen molar-refractivity contribution in [3.63, 3.8) is 0 Å². The molecule has 2 aromatic carbocycles. The molecule has 29 heavy (non-hydrogen) atoms. The Kier molecular flexibility index (Phi) is 6.89. The van der Waals surface area contributed by atoms with Crippen molar-refractivity contribution < 1.29 is 23.5 Å². The minimum absolute atomic E-state index is 0.113. The number of amides is 2. The third-order valence-corrected chi connectivity index (χ3v) is 4.10. The topological polar surface area (TPSA) is 89.8 Å². The lowest BCUT2D eigenvalue weighted by Crippen LogP contribution is -2.30. The van der Waals surface area contributed by atoms with Crippen LogP contribution in [0, 0.1) is 0 Å². The molecule has 1 heterocycles. The van der Waals surface area contributed by atoms with Gasteiger partial charge in [0, 0.05) is 18.3 Å². The number of methoxy groups -OCH3 is 1. The molecule has 7 heteroatoms. The van der Waals surface area contributed by atoms with Gasteiger partial charge in [-0.1, -0.05) is 18.2 Å². The largest absolute Gasteiger partial charge is 0.497 e. The Morgan fingerprint density at radius 3 is 2.55 bits per heavy atom. The van der Waals surface area contributed by atoms with Crippen LogP contribution in [-0.4, -0.2) is 32.1 Å². The highest BCUT2D eigenvalue weighted by molar-refractivity contribution is 6.02. The minimum Gasteiger partial charge on any atom is -0.497 e. The van der Waals surface area contributed by atoms with Gasteiger partial charge in [0.05, 0.1) is 13.4 Å². The van der Waals surface area contributed by atoms with Crippen LogP contribution >= 0.6 is 0 Å². The Morgan fingerprint density at radius 2 is 1.83 bits per heavy atom. The summed E-state index contributed by atoms with van der Waals surface area (Å²) in [5, 5.41) is 5.53. The number of benzene rings is 2. The fourth-order valence-corrected chi connectivity index (χ4v) is 2.60. The molecule has 0 unspecified atom stereocenters. The Balaban J connectivity index is 1.42. The van der Waals surface area contributed by atoms with E-state index < -0.39 is 0 Å². The molecule has 3 aromatic rings. The monoisotopic (exact) mass is 394 g/mol. The van der Waals surface area contributed by atoms with Gasteiger partial charge in [-0.25, -0.2) is 0 Å². The van der Waals surface area contributed by atoms with Crippen LogP contribution in [-0.2, 0) is 11.2 Å². The highest BCUT2D eigenvalue weighted by Crippen LogP contribution is 2.18. The summed E-state index contributed by atoms with van der Waals surface area (Å²) in [7, 11) is 1.62. The summed E-state index contributed by atoms with van der Waals surface area (Å²) in [5.41, 5.74) is 1.65. The average molecular weight is 394 g/mol. The number of carbonyl (C=O) groups excluding carboxylic acids is 2. The molecular weight excluding hydrogens is 372 g/mol. The van der Waals surface area contributed by atoms with Gasteiger partial charge >= 0.3 is 0 Å². The van der Waals surface area contributed by atoms with E-state index >= 15 is 0 Å². The highest BCUT2D eigenvalue weighted by Gasteiger charge is 2.09. The Bertz CT molecular complexity index is 936. The molecule has 0 saturated heterocycles. The fourth-order valence-electron chi connectivity index (χ4n) is 2.60. The molecule has 0 radical (unpaired) electrons. The van der Waals surface area contributed by atoms with E-state index in [1.54, 1.807) is 43.5 Å². The van der Waals surface area contributed by atoms with Crippen LogP contribution in [0.15, 0.2) is 71.3 Å². The lowest BCUT2D eigenvalue weighted by atomic mass is 10.1. The highest BCUT2D eigenvalue weighted by atomic mass is 16.5. The maximum absolute atomic E-state index is 12.0. The van der Waals surface area contributed by atoms with Gasteiger partial charge in [-0.3, -0.25) is 9.59 Å². The number of nitrogens with one attached hydrogen (secondary N) is 2. The standard InChI is InChI=1S/C22H22N2O5/c1-27-18-9-7-16(8-10-18)11-12-23-21(25)15-29-19-5-2-4-17(14-19)24-22(26)20-6-3-13-28-20/h2-10,13-14H,11-12,15H2,1H3,(H,23,25)(H,24,26). The molecule has 0 atom stereocenters. The zero-order valence-corrected chi connectivity index (χ0v) is 16.0. The van der Waals surface area contributed by atoms with Gasteiger partial charge in [-0.2, -0.15) is 0 Å². The van der Waals surface area contributed by atoms with Crippen LogP contribution in [0.25, 0.3) is 0 Å². The lowest BCUT2D eigenvalue weighted by Gasteiger charge is -2.09. The molecule has 0 saturated carbocycles. The Hall–Kier alpha value is -3.74. The van der Waals surface area contributed by atoms with Crippen molar-refractivity contribution in [3.05, 3.63) is 78.3 Å². The van der Waals surface area contributed by atoms with Crippen molar-refractivity contribution in [3.8, 4) is 11.5 Å². The molecule has 0 bridgehead atoms. The number of hydrogen-bond donors (Lipinski definition) is 2. The number of furan rings is 1. The lowest BCUT2D eigenvalue weighted by molar-refractivity contribution is -0.123. The summed E-state index contributed by atoms with van der Waals surface area (Å²) in [6.07, 6.45) is 2.14. The van der Waals surface area contributed by atoms with E-state index in [1.807, 2.05) is 24.3 Å². The summed E-state index contributed by atoms with van der Waals surface area (Å²) in [5.74, 6) is 0.917. The summed E-state index contributed by atoms with van der Waals surface area (Å²) >= 11 is 0. The molecule has 0 aliphatic heterocycles. The molecule has 0 aliphatic rings. The van der Waals surface area contributed by atoms with Crippen LogP contribution in [0.2, 0.25) is 0 Å². The maximum Gasteiger partial charge on any atom is 0.291 e. The van der Waals surface area contributed by atoms with Gasteiger partial charge in [0.1, 0.15) is 11.5 Å². The zero-order valence-electron chi connectivity index (χ0n) is 16.0. The van der Waals surface area contributed by atoms with E-state index in [1.165, 1.54) is 6.26 Å². The van der Waals surface area contributed by atoms with E-state index in [2.05, 4.69) is 10.6 Å². The van der Waals surface area contributed by atoms with Gasteiger partial charge in [0.2, 0.25) is 0 Å². The van der Waals surface area contributed by atoms with Crippen molar-refractivity contribution in [1.82, 2.24) is 5.32 Å². The van der Waals surface area contributed by atoms with Crippen LogP contribution in [0.3, 0.4) is 0 Å². The normalized spacial score (nSPS) is 10.2. The first-order valence-corrected chi connectivity index (χ1v) is 9.11. The first-order chi connectivity index (χ1) is 14.1. The number of ether oxygens (including phenoxy) is 2. The van der Waals surface area contributed by atoms with Gasteiger partial charge in [-0.05, 0) is 48.4 Å². The predicted molar refractivity (Wildman–Crippen MR) is 108 cm³/mol. The predicted octanol–water partition coefficient (Wildman–Crippen LogP) is 3.28. The van der Waals surface area contributed by atoms with Crippen molar-refractivity contribution in [1.29, 1.82) is 0 Å². The molecular formula is C22H22N2O5. The van der Waals surface area contributed by atoms with Gasteiger partial charge < -0.3 is 24.5 Å². The zero-order chi connectivity index (χ0) is 20.5. The van der Waals surface area contributed by atoms with Crippen molar-refractivity contribution in [2.75, 3.05) is 25.6 Å². The number of rotatable bonds is 9. The molecule has 2 amide bonds. The van der Waals surface area contributed by atoms with E-state index in [4.69, 9.17) is 13.9 Å². The molecule has 2 N–H and O–H groups in total. The maximum atomic E-state index is 12.0. The third-order valence-electron chi connectivity index (χ3n) is 4.10. The molecule has 0 fully saturated rings. The van der Waals surface area contributed by atoms with E-state index in [-0.39, 0.29) is 24.2 Å². The molecule has 150 valence electrons. The Morgan fingerprint density at radius 1 is 1.00 bits per heavy atom. The molecule has 0 spiro atoms. The summed E-state index contributed by atoms with van der Waals surface area (Å²) in [6.45, 7) is 0.395. The van der Waals surface area contributed by atoms with E-state index in [0.717, 1.165) is 11.3 Å². The minimum atomic E-state index is -0.358. The number of hydrogen-bond acceptors (Lipinski definition) is 5. The number of carbonyl (C=O) groups is 2. The molecule has 7 nitrogen and oxygen atoms in total. The van der Waals surface area contributed by atoms with Crippen LogP contribution in [0.4, 0.5) is 5.69 Å². The number of anilines is 1. The van der Waals surface area contributed by atoms with Gasteiger partial charge in [0.25, 0.3) is 11.8 Å². The van der Waals surface area contributed by atoms with Gasteiger partial charge in [0.15, 0.2) is 12.4 Å². The SMILES string of the molecule is COc1ccc(CCNC(=O)COc2cccc(NC(=O)c3ccco3)c2)cc1. The molecule has 1 aromatic heterocycles. The van der Waals surface area contributed by atoms with E-state index in [0.29, 0.717) is 24.4 Å². The van der Waals surface area contributed by atoms with Gasteiger partial charge in [-0.15, -0.1) is 0 Å². The van der Waals surface area contributed by atoms with Crippen molar-refractivity contribution >= 4 is 17.5 Å².